The highest BCUT2D eigenvalue weighted by atomic mass is 32.2. The second-order valence-corrected chi connectivity index (χ2v) is 7.68. The van der Waals surface area contributed by atoms with Gasteiger partial charge in [-0.2, -0.15) is 0 Å². The molecule has 1 N–H and O–H groups in total. The standard InChI is InChI=1S/C22H25N3O2S/c1-16(2)24-21(26)15-28-22-23-13-20(18-9-11-19(27-3)12-10-18)25(22)14-17-7-5-4-6-8-17/h4-13,16H,14-15H2,1-3H3,(H,24,26). The van der Waals surface area contributed by atoms with E-state index in [1.165, 1.54) is 17.3 Å². The Labute approximate surface area is 170 Å². The molecule has 3 rings (SSSR count). The van der Waals surface area contributed by atoms with Gasteiger partial charge in [-0.05, 0) is 43.7 Å². The lowest BCUT2D eigenvalue weighted by atomic mass is 10.1. The van der Waals surface area contributed by atoms with Crippen LogP contribution in [0.3, 0.4) is 0 Å². The van der Waals surface area contributed by atoms with Crippen LogP contribution in [0.25, 0.3) is 11.3 Å². The molecule has 0 saturated heterocycles. The predicted molar refractivity (Wildman–Crippen MR) is 114 cm³/mol. The zero-order valence-electron chi connectivity index (χ0n) is 16.4. The second-order valence-electron chi connectivity index (χ2n) is 6.74. The van der Waals surface area contributed by atoms with Gasteiger partial charge in [-0.25, -0.2) is 4.98 Å². The molecule has 0 fully saturated rings. The van der Waals surface area contributed by atoms with Crippen molar-refractivity contribution in [1.29, 1.82) is 0 Å². The van der Waals surface area contributed by atoms with Crippen molar-refractivity contribution in [2.45, 2.75) is 31.6 Å². The number of thioether (sulfide) groups is 1. The molecule has 0 spiro atoms. The number of aromatic nitrogens is 2. The molecule has 0 radical (unpaired) electrons. The highest BCUT2D eigenvalue weighted by molar-refractivity contribution is 7.99. The number of hydrogen-bond acceptors (Lipinski definition) is 4. The van der Waals surface area contributed by atoms with Crippen LogP contribution in [-0.2, 0) is 11.3 Å². The molecular weight excluding hydrogens is 370 g/mol. The smallest absolute Gasteiger partial charge is 0.230 e. The minimum absolute atomic E-state index is 0.0141. The molecule has 0 atom stereocenters. The Morgan fingerprint density at radius 2 is 1.86 bits per heavy atom. The number of carbonyl (C=O) groups excluding carboxylic acids is 1. The Morgan fingerprint density at radius 3 is 2.50 bits per heavy atom. The van der Waals surface area contributed by atoms with Crippen LogP contribution in [-0.4, -0.2) is 34.4 Å². The van der Waals surface area contributed by atoms with E-state index in [2.05, 4.69) is 27.0 Å². The van der Waals surface area contributed by atoms with Gasteiger partial charge in [0.1, 0.15) is 5.75 Å². The van der Waals surface area contributed by atoms with Gasteiger partial charge in [0.05, 0.1) is 31.3 Å². The minimum atomic E-state index is 0.0141. The summed E-state index contributed by atoms with van der Waals surface area (Å²) in [5, 5.41) is 3.75. The maximum atomic E-state index is 12.1. The molecule has 146 valence electrons. The molecule has 5 nitrogen and oxygen atoms in total. The van der Waals surface area contributed by atoms with Crippen molar-refractivity contribution in [3.05, 3.63) is 66.4 Å². The number of hydrogen-bond donors (Lipinski definition) is 1. The van der Waals surface area contributed by atoms with Crippen LogP contribution in [0.2, 0.25) is 0 Å². The van der Waals surface area contributed by atoms with Crippen molar-refractivity contribution in [3.63, 3.8) is 0 Å². The topological polar surface area (TPSA) is 56.1 Å². The van der Waals surface area contributed by atoms with Gasteiger partial charge in [0.15, 0.2) is 5.16 Å². The molecule has 0 aliphatic rings. The molecule has 3 aromatic rings. The van der Waals surface area contributed by atoms with Crippen molar-refractivity contribution < 1.29 is 9.53 Å². The summed E-state index contributed by atoms with van der Waals surface area (Å²) in [6.07, 6.45) is 1.87. The van der Waals surface area contributed by atoms with E-state index in [0.717, 1.165) is 22.2 Å². The van der Waals surface area contributed by atoms with E-state index >= 15 is 0 Å². The van der Waals surface area contributed by atoms with Crippen LogP contribution >= 0.6 is 11.8 Å². The summed E-state index contributed by atoms with van der Waals surface area (Å²) in [5.41, 5.74) is 3.25. The number of nitrogens with one attached hydrogen (secondary N) is 1. The minimum Gasteiger partial charge on any atom is -0.497 e. The molecule has 1 aromatic heterocycles. The van der Waals surface area contributed by atoms with E-state index in [0.29, 0.717) is 12.3 Å². The maximum absolute atomic E-state index is 12.1. The summed E-state index contributed by atoms with van der Waals surface area (Å²) < 4.78 is 7.42. The average Bonchev–Trinajstić information content (AvgIpc) is 3.09. The number of nitrogens with zero attached hydrogens (tertiary/aromatic N) is 2. The Morgan fingerprint density at radius 1 is 1.14 bits per heavy atom. The van der Waals surface area contributed by atoms with Gasteiger partial charge in [-0.3, -0.25) is 4.79 Å². The summed E-state index contributed by atoms with van der Waals surface area (Å²) >= 11 is 1.45. The van der Waals surface area contributed by atoms with E-state index < -0.39 is 0 Å². The number of methoxy groups -OCH3 is 1. The third kappa shape index (κ3) is 5.16. The number of rotatable bonds is 8. The van der Waals surface area contributed by atoms with E-state index in [1.54, 1.807) is 7.11 Å². The third-order valence-corrected chi connectivity index (χ3v) is 5.16. The molecule has 0 bridgehead atoms. The lowest BCUT2D eigenvalue weighted by Crippen LogP contribution is -2.31. The van der Waals surface area contributed by atoms with Crippen LogP contribution in [0.5, 0.6) is 5.75 Å². The molecular formula is C22H25N3O2S. The number of imidazole rings is 1. The Balaban J connectivity index is 1.88. The molecule has 6 heteroatoms. The molecule has 0 aliphatic carbocycles. The third-order valence-electron chi connectivity index (χ3n) is 4.17. The first-order valence-electron chi connectivity index (χ1n) is 9.23. The molecule has 0 aliphatic heterocycles. The molecule has 0 unspecified atom stereocenters. The fourth-order valence-corrected chi connectivity index (χ4v) is 3.67. The van der Waals surface area contributed by atoms with Crippen LogP contribution in [0, 0.1) is 0 Å². The quantitative estimate of drug-likeness (QED) is 0.580. The first-order valence-corrected chi connectivity index (χ1v) is 10.2. The van der Waals surface area contributed by atoms with E-state index in [4.69, 9.17) is 4.74 Å². The highest BCUT2D eigenvalue weighted by Gasteiger charge is 2.15. The lowest BCUT2D eigenvalue weighted by molar-refractivity contribution is -0.119. The Kier molecular flexibility index (Phi) is 6.76. The summed E-state index contributed by atoms with van der Waals surface area (Å²) in [7, 11) is 1.66. The van der Waals surface area contributed by atoms with Crippen molar-refractivity contribution in [3.8, 4) is 17.0 Å². The summed E-state index contributed by atoms with van der Waals surface area (Å²) in [6, 6.07) is 18.3. The number of amides is 1. The van der Waals surface area contributed by atoms with Crippen LogP contribution in [0.1, 0.15) is 19.4 Å². The fraction of sp³-hybridized carbons (Fsp3) is 0.273. The van der Waals surface area contributed by atoms with Gasteiger partial charge in [0.25, 0.3) is 0 Å². The van der Waals surface area contributed by atoms with Crippen LogP contribution in [0.15, 0.2) is 66.0 Å². The average molecular weight is 396 g/mol. The van der Waals surface area contributed by atoms with Crippen LogP contribution < -0.4 is 10.1 Å². The summed E-state index contributed by atoms with van der Waals surface area (Å²) in [5.74, 6) is 1.17. The van der Waals surface area contributed by atoms with Crippen molar-refractivity contribution in [1.82, 2.24) is 14.9 Å². The number of carbonyl (C=O) groups is 1. The lowest BCUT2D eigenvalue weighted by Gasteiger charge is -2.13. The highest BCUT2D eigenvalue weighted by Crippen LogP contribution is 2.28. The molecule has 1 heterocycles. The SMILES string of the molecule is COc1ccc(-c2cnc(SCC(=O)NC(C)C)n2Cc2ccccc2)cc1. The summed E-state index contributed by atoms with van der Waals surface area (Å²) in [6.45, 7) is 4.61. The molecule has 1 amide bonds. The van der Waals surface area contributed by atoms with Gasteiger partial charge in [-0.1, -0.05) is 42.1 Å². The van der Waals surface area contributed by atoms with Gasteiger partial charge in [0.2, 0.25) is 5.91 Å². The van der Waals surface area contributed by atoms with Gasteiger partial charge in [-0.15, -0.1) is 0 Å². The van der Waals surface area contributed by atoms with E-state index in [-0.39, 0.29) is 11.9 Å². The van der Waals surface area contributed by atoms with E-state index in [9.17, 15) is 4.79 Å². The monoisotopic (exact) mass is 395 g/mol. The molecule has 28 heavy (non-hydrogen) atoms. The van der Waals surface area contributed by atoms with Crippen molar-refractivity contribution in [2.75, 3.05) is 12.9 Å². The van der Waals surface area contributed by atoms with Gasteiger partial charge >= 0.3 is 0 Å². The Bertz CT molecular complexity index is 905. The summed E-state index contributed by atoms with van der Waals surface area (Å²) in [4.78, 5) is 16.7. The van der Waals surface area contributed by atoms with Crippen molar-refractivity contribution >= 4 is 17.7 Å². The number of ether oxygens (including phenoxy) is 1. The van der Waals surface area contributed by atoms with E-state index in [1.807, 2.05) is 62.5 Å². The largest absolute Gasteiger partial charge is 0.497 e. The first-order chi connectivity index (χ1) is 13.6. The maximum Gasteiger partial charge on any atom is 0.230 e. The number of benzene rings is 2. The van der Waals surface area contributed by atoms with Gasteiger partial charge in [0, 0.05) is 11.6 Å². The Hall–Kier alpha value is -2.73. The molecule has 2 aromatic carbocycles. The van der Waals surface area contributed by atoms with Crippen LogP contribution in [0.4, 0.5) is 0 Å². The second kappa shape index (κ2) is 9.46. The van der Waals surface area contributed by atoms with Crippen molar-refractivity contribution in [2.24, 2.45) is 0 Å². The van der Waals surface area contributed by atoms with Gasteiger partial charge < -0.3 is 14.6 Å². The first kappa shape index (κ1) is 20.0. The molecule has 0 saturated carbocycles. The zero-order chi connectivity index (χ0) is 19.9. The fourth-order valence-electron chi connectivity index (χ4n) is 2.88. The predicted octanol–water partition coefficient (Wildman–Crippen LogP) is 4.22. The normalized spacial score (nSPS) is 10.9. The zero-order valence-corrected chi connectivity index (χ0v) is 17.2.